The summed E-state index contributed by atoms with van der Waals surface area (Å²) in [5.41, 5.74) is 11.9. The van der Waals surface area contributed by atoms with Gasteiger partial charge in [-0.1, -0.05) is 64.1 Å². The van der Waals surface area contributed by atoms with Crippen molar-refractivity contribution in [2.75, 3.05) is 47.6 Å². The lowest BCUT2D eigenvalue weighted by atomic mass is 9.80. The van der Waals surface area contributed by atoms with Gasteiger partial charge in [-0.25, -0.2) is 4.79 Å². The number of amides is 3. The third-order valence-corrected chi connectivity index (χ3v) is 14.7. The fourth-order valence-electron chi connectivity index (χ4n) is 11.3. The van der Waals surface area contributed by atoms with E-state index in [1.54, 1.807) is 7.11 Å². The van der Waals surface area contributed by atoms with Gasteiger partial charge in [-0.2, -0.15) is 0 Å². The van der Waals surface area contributed by atoms with Crippen LogP contribution in [-0.2, 0) is 28.5 Å². The molecule has 0 aromatic heterocycles. The van der Waals surface area contributed by atoms with Crippen LogP contribution in [-0.4, -0.2) is 122 Å². The Labute approximate surface area is 376 Å². The molecule has 1 spiro atoms. The zero-order valence-corrected chi connectivity index (χ0v) is 38.3. The standard InChI is InChI=1S/C50H63N7O7/c1-28(2)45(53-30(5)61-7)48(59)57-27-50(63-20-21-64-50)24-42(57)38-22-33(25-51-38)31-11-13-32(14-12-31)35-15-16-36(44-41-18-17-40(43(35)44)55(41)6)34-23-37(52-26-34)39-10-9-19-56(39)47(58)46(29(3)4)54-49(60)62-8/h11-16,25-26,28-29,39-42,45-46,53H,5,9-10,17-24,27H2,1-4,6-8H3,(H,54,60)/t39-,40?,41?,42-,45-,46-/m0/s1. The molecule has 0 radical (unpaired) electrons. The largest absolute Gasteiger partial charge is 0.483 e. The maximum atomic E-state index is 14.2. The summed E-state index contributed by atoms with van der Waals surface area (Å²) in [6.07, 6.45) is 9.22. The van der Waals surface area contributed by atoms with Crippen molar-refractivity contribution in [2.24, 2.45) is 21.8 Å². The second-order valence-corrected chi connectivity index (χ2v) is 19.1. The molecule has 2 N–H and O–H groups in total. The summed E-state index contributed by atoms with van der Waals surface area (Å²) in [6, 6.07) is 12.6. The van der Waals surface area contributed by atoms with Gasteiger partial charge >= 0.3 is 6.09 Å². The Morgan fingerprint density at radius 3 is 1.97 bits per heavy atom. The second kappa shape index (κ2) is 17.6. The Morgan fingerprint density at radius 1 is 0.734 bits per heavy atom. The third kappa shape index (κ3) is 7.85. The molecule has 3 amide bonds. The van der Waals surface area contributed by atoms with Crippen molar-refractivity contribution < 1.29 is 33.3 Å². The van der Waals surface area contributed by atoms with Crippen molar-refractivity contribution in [3.8, 4) is 11.1 Å². The first-order valence-corrected chi connectivity index (χ1v) is 23.0. The number of likely N-dealkylation sites (tertiary alicyclic amines) is 2. The van der Waals surface area contributed by atoms with Crippen LogP contribution in [0, 0.1) is 11.8 Å². The molecule has 7 aliphatic heterocycles. The number of carbonyl (C=O) groups is 3. The lowest BCUT2D eigenvalue weighted by Gasteiger charge is -2.31. The first kappa shape index (κ1) is 43.9. The van der Waals surface area contributed by atoms with E-state index in [2.05, 4.69) is 65.6 Å². The fourth-order valence-corrected chi connectivity index (χ4v) is 11.3. The summed E-state index contributed by atoms with van der Waals surface area (Å²) in [5, 5.41) is 5.95. The molecular weight excluding hydrogens is 811 g/mol. The number of aliphatic imine (C=N–C) groups is 2. The van der Waals surface area contributed by atoms with Crippen molar-refractivity contribution in [1.29, 1.82) is 0 Å². The van der Waals surface area contributed by atoms with E-state index in [9.17, 15) is 14.4 Å². The molecule has 2 unspecified atom stereocenters. The number of rotatable bonds is 13. The molecule has 0 saturated carbocycles. The highest BCUT2D eigenvalue weighted by Gasteiger charge is 2.53. The number of nitrogens with zero attached hydrogens (tertiary/aromatic N) is 5. The average molecular weight is 874 g/mol. The first-order valence-electron chi connectivity index (χ1n) is 23.0. The van der Waals surface area contributed by atoms with Crippen molar-refractivity contribution in [3.05, 3.63) is 83.5 Å². The van der Waals surface area contributed by atoms with Crippen molar-refractivity contribution >= 4 is 40.5 Å². The summed E-state index contributed by atoms with van der Waals surface area (Å²) < 4.78 is 22.4. The van der Waals surface area contributed by atoms with E-state index >= 15 is 0 Å². The smallest absolute Gasteiger partial charge is 0.407 e. The van der Waals surface area contributed by atoms with Crippen molar-refractivity contribution in [3.63, 3.8) is 0 Å². The minimum absolute atomic E-state index is 0.0103. The van der Waals surface area contributed by atoms with Gasteiger partial charge in [-0.3, -0.25) is 24.5 Å². The summed E-state index contributed by atoms with van der Waals surface area (Å²) >= 11 is 0. The Kier molecular flexibility index (Phi) is 12.1. The number of nitrogens with one attached hydrogen (secondary N) is 2. The molecule has 2 bridgehead atoms. The number of benzene rings is 2. The van der Waals surface area contributed by atoms with E-state index in [0.717, 1.165) is 48.2 Å². The van der Waals surface area contributed by atoms with Gasteiger partial charge in [-0.05, 0) is 95.7 Å². The zero-order valence-electron chi connectivity index (χ0n) is 38.3. The predicted molar refractivity (Wildman–Crippen MR) is 246 cm³/mol. The Hall–Kier alpha value is -5.31. The summed E-state index contributed by atoms with van der Waals surface area (Å²) in [7, 11) is 5.11. The fraction of sp³-hybridized carbons (Fsp3) is 0.540. The van der Waals surface area contributed by atoms with Crippen LogP contribution in [0.3, 0.4) is 0 Å². The Morgan fingerprint density at radius 2 is 1.31 bits per heavy atom. The molecular formula is C50H63N7O7. The molecule has 2 aromatic carbocycles. The lowest BCUT2D eigenvalue weighted by molar-refractivity contribution is -0.153. The van der Waals surface area contributed by atoms with Crippen LogP contribution in [0.1, 0.15) is 107 Å². The number of carbonyl (C=O) groups excluding carboxylic acids is 3. The molecule has 0 aliphatic carbocycles. The number of hydrogen-bond acceptors (Lipinski definition) is 11. The van der Waals surface area contributed by atoms with Gasteiger partial charge in [0.25, 0.3) is 0 Å². The monoisotopic (exact) mass is 873 g/mol. The molecule has 6 atom stereocenters. The van der Waals surface area contributed by atoms with E-state index in [-0.39, 0.29) is 35.7 Å². The van der Waals surface area contributed by atoms with Gasteiger partial charge in [0.15, 0.2) is 11.7 Å². The SMILES string of the molecule is C=C(N[C@H](C(=O)N1CC2(C[C@H]1C1=NC=C(c3ccc(-c4ccc(C5=CN=C([C@@H]6CCCN6C(=O)[C@@H](NC(=O)OC)C(C)C)C5)c5c4C4CCC5N4C)cc3)C1)OCCO2)C(C)C)OC. The highest BCUT2D eigenvalue weighted by molar-refractivity contribution is 6.05. The number of allylic oxidation sites excluding steroid dienone is 2. The van der Waals surface area contributed by atoms with Crippen LogP contribution >= 0.6 is 0 Å². The van der Waals surface area contributed by atoms with Crippen LogP contribution in [0.4, 0.5) is 4.79 Å². The number of alkyl carbamates (subject to hydrolysis) is 1. The maximum absolute atomic E-state index is 14.2. The van der Waals surface area contributed by atoms with E-state index in [1.165, 1.54) is 40.5 Å². The van der Waals surface area contributed by atoms with Gasteiger partial charge < -0.3 is 39.4 Å². The highest BCUT2D eigenvalue weighted by Crippen LogP contribution is 2.57. The Bertz CT molecular complexity index is 2330. The maximum Gasteiger partial charge on any atom is 0.407 e. The third-order valence-electron chi connectivity index (χ3n) is 14.7. The number of ether oxygens (including phenoxy) is 4. The molecule has 7 heterocycles. The van der Waals surface area contributed by atoms with Crippen molar-refractivity contribution in [2.45, 2.75) is 115 Å². The van der Waals surface area contributed by atoms with E-state index in [4.69, 9.17) is 28.9 Å². The second-order valence-electron chi connectivity index (χ2n) is 19.1. The van der Waals surface area contributed by atoms with Gasteiger partial charge in [0, 0.05) is 61.7 Å². The quantitative estimate of drug-likeness (QED) is 0.203. The number of methoxy groups -OCH3 is 2. The van der Waals surface area contributed by atoms with Gasteiger partial charge in [0.2, 0.25) is 11.8 Å². The van der Waals surface area contributed by atoms with Gasteiger partial charge in [0.1, 0.15) is 12.1 Å². The number of fused-ring (bicyclic) bond motifs is 5. The molecule has 9 rings (SSSR count). The van der Waals surface area contributed by atoms with Gasteiger partial charge in [-0.15, -0.1) is 0 Å². The lowest BCUT2D eigenvalue weighted by Crippen LogP contribution is -2.53. The zero-order chi connectivity index (χ0) is 45.0. The molecule has 64 heavy (non-hydrogen) atoms. The molecule has 340 valence electrons. The normalized spacial score (nSPS) is 25.4. The highest BCUT2D eigenvalue weighted by atomic mass is 16.7. The topological polar surface area (TPSA) is 147 Å². The molecule has 2 aromatic rings. The minimum atomic E-state index is -0.833. The van der Waals surface area contributed by atoms with Crippen LogP contribution < -0.4 is 10.6 Å². The molecule has 4 saturated heterocycles. The molecule has 14 nitrogen and oxygen atoms in total. The molecule has 14 heteroatoms. The van der Waals surface area contributed by atoms with Crippen LogP contribution in [0.25, 0.3) is 22.3 Å². The van der Waals surface area contributed by atoms with E-state index < -0.39 is 24.0 Å². The van der Waals surface area contributed by atoms with Crippen molar-refractivity contribution in [1.82, 2.24) is 25.3 Å². The first-order chi connectivity index (χ1) is 30.8. The summed E-state index contributed by atoms with van der Waals surface area (Å²) in [6.45, 7) is 13.8. The summed E-state index contributed by atoms with van der Waals surface area (Å²) in [5.74, 6) is -0.717. The van der Waals surface area contributed by atoms with E-state index in [1.807, 2.05) is 49.9 Å². The van der Waals surface area contributed by atoms with E-state index in [0.29, 0.717) is 63.5 Å². The minimum Gasteiger partial charge on any atom is -0.483 e. The Balaban J connectivity index is 0.912. The molecule has 7 aliphatic rings. The number of hydrogen-bond donors (Lipinski definition) is 2. The van der Waals surface area contributed by atoms with Gasteiger partial charge in [0.05, 0.1) is 46.1 Å². The van der Waals surface area contributed by atoms with Crippen LogP contribution in [0.5, 0.6) is 0 Å². The molecule has 4 fully saturated rings. The summed E-state index contributed by atoms with van der Waals surface area (Å²) in [4.78, 5) is 56.5. The average Bonchev–Trinajstić information content (AvgIpc) is 4.17. The van der Waals surface area contributed by atoms with Crippen LogP contribution in [0.15, 0.2) is 71.2 Å². The van der Waals surface area contributed by atoms with Crippen LogP contribution in [0.2, 0.25) is 0 Å². The predicted octanol–water partition coefficient (Wildman–Crippen LogP) is 6.99.